The Bertz CT molecular complexity index is 732. The highest BCUT2D eigenvalue weighted by atomic mass is 35.5. The third kappa shape index (κ3) is 3.27. The van der Waals surface area contributed by atoms with Gasteiger partial charge >= 0.3 is 0 Å². The van der Waals surface area contributed by atoms with E-state index >= 15 is 0 Å². The van der Waals surface area contributed by atoms with E-state index in [1.54, 1.807) is 32.4 Å². The molecule has 0 bridgehead atoms. The first-order chi connectivity index (χ1) is 11.1. The zero-order valence-corrected chi connectivity index (χ0v) is 13.8. The van der Waals surface area contributed by atoms with Gasteiger partial charge in [-0.25, -0.2) is 0 Å². The first kappa shape index (κ1) is 15.7. The molecule has 1 saturated carbocycles. The number of halogens is 1. The summed E-state index contributed by atoms with van der Waals surface area (Å²) in [7, 11) is 3.15. The molecule has 2 aromatic carbocycles. The fourth-order valence-corrected chi connectivity index (χ4v) is 3.01. The van der Waals surface area contributed by atoms with E-state index in [1.165, 1.54) is 0 Å². The highest BCUT2D eigenvalue weighted by Gasteiger charge is 2.44. The van der Waals surface area contributed by atoms with Crippen LogP contribution in [0.3, 0.4) is 0 Å². The van der Waals surface area contributed by atoms with E-state index in [2.05, 4.69) is 5.32 Å². The molecule has 0 saturated heterocycles. The van der Waals surface area contributed by atoms with Gasteiger partial charge in [-0.05, 0) is 36.1 Å². The van der Waals surface area contributed by atoms with E-state index in [-0.39, 0.29) is 17.7 Å². The van der Waals surface area contributed by atoms with Crippen LogP contribution < -0.4 is 14.8 Å². The second-order valence-electron chi connectivity index (χ2n) is 5.53. The molecule has 1 N–H and O–H groups in total. The van der Waals surface area contributed by atoms with Crippen molar-refractivity contribution < 1.29 is 14.3 Å². The first-order valence-electron chi connectivity index (χ1n) is 7.41. The Hall–Kier alpha value is -2.20. The van der Waals surface area contributed by atoms with Crippen molar-refractivity contribution in [3.05, 3.63) is 53.1 Å². The van der Waals surface area contributed by atoms with Crippen LogP contribution in [-0.4, -0.2) is 20.1 Å². The van der Waals surface area contributed by atoms with Crippen molar-refractivity contribution in [2.45, 2.75) is 12.3 Å². The molecule has 1 aliphatic rings. The van der Waals surface area contributed by atoms with E-state index in [0.29, 0.717) is 17.2 Å². The molecule has 2 atom stereocenters. The van der Waals surface area contributed by atoms with Gasteiger partial charge in [0.1, 0.15) is 11.5 Å². The summed E-state index contributed by atoms with van der Waals surface area (Å²) in [4.78, 5) is 12.5. The van der Waals surface area contributed by atoms with Crippen molar-refractivity contribution in [3.63, 3.8) is 0 Å². The Kier molecular flexibility index (Phi) is 4.44. The largest absolute Gasteiger partial charge is 0.497 e. The van der Waals surface area contributed by atoms with Gasteiger partial charge in [0.15, 0.2) is 0 Å². The lowest BCUT2D eigenvalue weighted by molar-refractivity contribution is -0.117. The van der Waals surface area contributed by atoms with Crippen molar-refractivity contribution in [2.75, 3.05) is 19.5 Å². The maximum atomic E-state index is 12.5. The number of amides is 1. The second kappa shape index (κ2) is 6.50. The number of nitrogens with one attached hydrogen (secondary N) is 1. The lowest BCUT2D eigenvalue weighted by atomic mass is 10.1. The number of ether oxygens (including phenoxy) is 2. The van der Waals surface area contributed by atoms with E-state index in [9.17, 15) is 4.79 Å². The van der Waals surface area contributed by atoms with Gasteiger partial charge in [0.05, 0.1) is 19.9 Å². The molecule has 4 nitrogen and oxygen atoms in total. The van der Waals surface area contributed by atoms with Crippen LogP contribution >= 0.6 is 11.6 Å². The maximum absolute atomic E-state index is 12.5. The van der Waals surface area contributed by atoms with Crippen LogP contribution in [0.5, 0.6) is 11.5 Å². The number of carbonyl (C=O) groups excluding carboxylic acids is 1. The van der Waals surface area contributed by atoms with Crippen LogP contribution in [-0.2, 0) is 4.79 Å². The van der Waals surface area contributed by atoms with Gasteiger partial charge in [0.25, 0.3) is 0 Å². The summed E-state index contributed by atoms with van der Waals surface area (Å²) < 4.78 is 10.5. The molecule has 23 heavy (non-hydrogen) atoms. The van der Waals surface area contributed by atoms with Gasteiger partial charge in [0, 0.05) is 17.0 Å². The van der Waals surface area contributed by atoms with E-state index in [0.717, 1.165) is 17.0 Å². The van der Waals surface area contributed by atoms with E-state index in [1.807, 2.05) is 24.3 Å². The Morgan fingerprint density at radius 2 is 1.96 bits per heavy atom. The Balaban J connectivity index is 1.71. The van der Waals surface area contributed by atoms with Crippen LogP contribution in [0.4, 0.5) is 5.69 Å². The maximum Gasteiger partial charge on any atom is 0.228 e. The Labute approximate surface area is 140 Å². The van der Waals surface area contributed by atoms with Gasteiger partial charge in [-0.15, -0.1) is 0 Å². The summed E-state index contributed by atoms with van der Waals surface area (Å²) in [6.07, 6.45) is 0.814. The Morgan fingerprint density at radius 1 is 1.17 bits per heavy atom. The van der Waals surface area contributed by atoms with Crippen molar-refractivity contribution in [1.82, 2.24) is 0 Å². The molecule has 1 amide bonds. The third-order valence-corrected chi connectivity index (χ3v) is 4.44. The summed E-state index contributed by atoms with van der Waals surface area (Å²) >= 11 is 6.20. The number of carbonyl (C=O) groups is 1. The minimum absolute atomic E-state index is 0.0154. The average molecular weight is 332 g/mol. The summed E-state index contributed by atoms with van der Waals surface area (Å²) in [5, 5.41) is 3.65. The predicted octanol–water partition coefficient (Wildman–Crippen LogP) is 4.10. The molecule has 1 fully saturated rings. The molecule has 0 heterocycles. The number of hydrogen-bond acceptors (Lipinski definition) is 3. The predicted molar refractivity (Wildman–Crippen MR) is 90.5 cm³/mol. The van der Waals surface area contributed by atoms with Crippen molar-refractivity contribution in [1.29, 1.82) is 0 Å². The summed E-state index contributed by atoms with van der Waals surface area (Å²) in [5.41, 5.74) is 1.68. The van der Waals surface area contributed by atoms with Gasteiger partial charge in [-0.2, -0.15) is 0 Å². The minimum Gasteiger partial charge on any atom is -0.497 e. The highest BCUT2D eigenvalue weighted by Crippen LogP contribution is 2.50. The standard InChI is InChI=1S/C18H18ClNO3/c1-22-11-7-8-16(17(9-11)23-2)20-18(21)14-10-13(14)12-5-3-4-6-15(12)19/h3-9,13-14H,10H2,1-2H3,(H,20,21)/t13-,14+/m0/s1. The number of benzene rings is 2. The van der Waals surface area contributed by atoms with Crippen molar-refractivity contribution >= 4 is 23.2 Å². The number of methoxy groups -OCH3 is 2. The molecule has 0 aromatic heterocycles. The second-order valence-corrected chi connectivity index (χ2v) is 5.93. The van der Waals surface area contributed by atoms with Gasteiger partial charge in [-0.3, -0.25) is 4.79 Å². The van der Waals surface area contributed by atoms with Gasteiger partial charge in [-0.1, -0.05) is 29.8 Å². The molecular formula is C18H18ClNO3. The minimum atomic E-state index is -0.0540. The summed E-state index contributed by atoms with van der Waals surface area (Å²) in [6, 6.07) is 13.0. The SMILES string of the molecule is COc1ccc(NC(=O)[C@@H]2C[C@H]2c2ccccc2Cl)c(OC)c1. The number of rotatable bonds is 5. The Morgan fingerprint density at radius 3 is 2.65 bits per heavy atom. The molecule has 5 heteroatoms. The molecule has 0 radical (unpaired) electrons. The quantitative estimate of drug-likeness (QED) is 0.897. The lowest BCUT2D eigenvalue weighted by Crippen LogP contribution is -2.15. The topological polar surface area (TPSA) is 47.6 Å². The average Bonchev–Trinajstić information content (AvgIpc) is 3.36. The zero-order valence-electron chi connectivity index (χ0n) is 13.0. The zero-order chi connectivity index (χ0) is 16.4. The highest BCUT2D eigenvalue weighted by molar-refractivity contribution is 6.31. The summed E-state index contributed by atoms with van der Waals surface area (Å²) in [6.45, 7) is 0. The van der Waals surface area contributed by atoms with Gasteiger partial charge in [0.2, 0.25) is 5.91 Å². The molecule has 120 valence electrons. The van der Waals surface area contributed by atoms with Crippen molar-refractivity contribution in [3.8, 4) is 11.5 Å². The molecular weight excluding hydrogens is 314 g/mol. The molecule has 1 aliphatic carbocycles. The molecule has 0 unspecified atom stereocenters. The van der Waals surface area contributed by atoms with Crippen LogP contribution in [0, 0.1) is 5.92 Å². The van der Waals surface area contributed by atoms with Crippen LogP contribution in [0.2, 0.25) is 5.02 Å². The normalized spacial score (nSPS) is 19.1. The fourth-order valence-electron chi connectivity index (χ4n) is 2.73. The number of anilines is 1. The monoisotopic (exact) mass is 331 g/mol. The van der Waals surface area contributed by atoms with Crippen LogP contribution in [0.25, 0.3) is 0 Å². The third-order valence-electron chi connectivity index (χ3n) is 4.10. The molecule has 0 aliphatic heterocycles. The molecule has 0 spiro atoms. The van der Waals surface area contributed by atoms with Crippen molar-refractivity contribution in [2.24, 2.45) is 5.92 Å². The molecule has 3 rings (SSSR count). The van der Waals surface area contributed by atoms with E-state index in [4.69, 9.17) is 21.1 Å². The molecule has 2 aromatic rings. The smallest absolute Gasteiger partial charge is 0.228 e. The van der Waals surface area contributed by atoms with Crippen LogP contribution in [0.1, 0.15) is 17.9 Å². The first-order valence-corrected chi connectivity index (χ1v) is 7.79. The summed E-state index contributed by atoms with van der Waals surface area (Å²) in [5.74, 6) is 1.38. The van der Waals surface area contributed by atoms with E-state index < -0.39 is 0 Å². The lowest BCUT2D eigenvalue weighted by Gasteiger charge is -2.11. The number of hydrogen-bond donors (Lipinski definition) is 1. The fraction of sp³-hybridized carbons (Fsp3) is 0.278. The van der Waals surface area contributed by atoms with Crippen LogP contribution in [0.15, 0.2) is 42.5 Å². The van der Waals surface area contributed by atoms with Gasteiger partial charge < -0.3 is 14.8 Å².